The lowest BCUT2D eigenvalue weighted by molar-refractivity contribution is -0.0504. The molecule has 1 heterocycles. The Morgan fingerprint density at radius 2 is 1.96 bits per heavy atom. The Kier molecular flexibility index (Phi) is 6.78. The van der Waals surface area contributed by atoms with E-state index in [9.17, 15) is 13.6 Å². The van der Waals surface area contributed by atoms with Crippen molar-refractivity contribution < 1.29 is 23.0 Å². The van der Waals surface area contributed by atoms with Crippen LogP contribution < -0.4 is 15.4 Å². The molecule has 0 bridgehead atoms. The van der Waals surface area contributed by atoms with E-state index in [4.69, 9.17) is 4.74 Å². The predicted molar refractivity (Wildman–Crippen MR) is 86.3 cm³/mol. The minimum absolute atomic E-state index is 0.0817. The zero-order valence-electron chi connectivity index (χ0n) is 13.9. The van der Waals surface area contributed by atoms with Gasteiger partial charge in [-0.1, -0.05) is 18.2 Å². The van der Waals surface area contributed by atoms with Gasteiger partial charge in [-0.15, -0.1) is 0 Å². The van der Waals surface area contributed by atoms with Gasteiger partial charge in [0, 0.05) is 12.6 Å². The average Bonchev–Trinajstić information content (AvgIpc) is 2.47. The molecule has 1 aliphatic rings. The third kappa shape index (κ3) is 5.96. The monoisotopic (exact) mass is 342 g/mol. The average molecular weight is 342 g/mol. The Morgan fingerprint density at radius 1 is 1.29 bits per heavy atom. The number of hydrogen-bond donors (Lipinski definition) is 2. The number of benzene rings is 1. The fourth-order valence-corrected chi connectivity index (χ4v) is 2.99. The molecule has 2 N–H and O–H groups in total. The van der Waals surface area contributed by atoms with Gasteiger partial charge in [0.2, 0.25) is 0 Å². The lowest BCUT2D eigenvalue weighted by Gasteiger charge is -2.32. The molecule has 0 unspecified atom stereocenters. The molecule has 1 aromatic rings. The van der Waals surface area contributed by atoms with Crippen LogP contribution in [0.25, 0.3) is 0 Å². The van der Waals surface area contributed by atoms with Gasteiger partial charge in [-0.25, -0.2) is 4.79 Å². The number of carbonyl (C=O) groups is 1. The molecule has 1 aliphatic heterocycles. The number of carbonyl (C=O) groups excluding carboxylic acids is 1. The highest BCUT2D eigenvalue weighted by molar-refractivity contribution is 5.74. The highest BCUT2D eigenvalue weighted by atomic mass is 19.3. The first-order valence-electron chi connectivity index (χ1n) is 8.16. The predicted octanol–water partition coefficient (Wildman–Crippen LogP) is 3.09. The molecule has 0 saturated carbocycles. The molecule has 1 saturated heterocycles. The molecule has 0 aliphatic carbocycles. The molecule has 2 atom stereocenters. The number of halogens is 2. The molecule has 2 rings (SSSR count). The van der Waals surface area contributed by atoms with E-state index in [1.807, 2.05) is 13.8 Å². The summed E-state index contributed by atoms with van der Waals surface area (Å²) in [5, 5.41) is 5.69. The number of amides is 2. The molecule has 0 aromatic heterocycles. The molecule has 7 heteroatoms. The third-order valence-electron chi connectivity index (χ3n) is 3.90. The molecule has 134 valence electrons. The summed E-state index contributed by atoms with van der Waals surface area (Å²) in [6.45, 7) is 1.45. The van der Waals surface area contributed by atoms with Gasteiger partial charge in [0.05, 0.1) is 12.2 Å². The van der Waals surface area contributed by atoms with Crippen molar-refractivity contribution in [1.82, 2.24) is 10.6 Å². The van der Waals surface area contributed by atoms with E-state index in [1.54, 1.807) is 18.2 Å². The molecular weight excluding hydrogens is 318 g/mol. The van der Waals surface area contributed by atoms with Gasteiger partial charge in [0.1, 0.15) is 5.75 Å². The van der Waals surface area contributed by atoms with Crippen molar-refractivity contribution in [3.63, 3.8) is 0 Å². The maximum atomic E-state index is 12.4. The van der Waals surface area contributed by atoms with Crippen LogP contribution in [0.5, 0.6) is 5.75 Å². The fraction of sp³-hybridized carbons (Fsp3) is 0.588. The quantitative estimate of drug-likeness (QED) is 0.835. The van der Waals surface area contributed by atoms with Crippen LogP contribution in [0.2, 0.25) is 0 Å². The number of nitrogens with one attached hydrogen (secondary N) is 2. The Hall–Kier alpha value is -1.89. The van der Waals surface area contributed by atoms with E-state index in [1.165, 1.54) is 6.07 Å². The Balaban J connectivity index is 1.77. The second-order valence-corrected chi connectivity index (χ2v) is 6.06. The molecule has 5 nitrogen and oxygen atoms in total. The Bertz CT molecular complexity index is 532. The Labute approximate surface area is 140 Å². The second kappa shape index (κ2) is 8.82. The molecule has 2 amide bonds. The van der Waals surface area contributed by atoms with Crippen molar-refractivity contribution in [2.24, 2.45) is 0 Å². The topological polar surface area (TPSA) is 59.6 Å². The molecule has 1 aromatic carbocycles. The van der Waals surface area contributed by atoms with E-state index < -0.39 is 6.61 Å². The van der Waals surface area contributed by atoms with Crippen molar-refractivity contribution in [2.75, 3.05) is 6.54 Å². The fourth-order valence-electron chi connectivity index (χ4n) is 2.99. The number of para-hydroxylation sites is 1. The first-order valence-corrected chi connectivity index (χ1v) is 8.16. The maximum Gasteiger partial charge on any atom is 0.387 e. The molecule has 0 radical (unpaired) electrons. The minimum atomic E-state index is -2.86. The van der Waals surface area contributed by atoms with E-state index in [0.29, 0.717) is 18.5 Å². The van der Waals surface area contributed by atoms with Gasteiger partial charge in [0.25, 0.3) is 0 Å². The molecular formula is C17H24F2N2O3. The van der Waals surface area contributed by atoms with Gasteiger partial charge < -0.3 is 20.1 Å². The largest absolute Gasteiger partial charge is 0.435 e. The number of ether oxygens (including phenoxy) is 2. The summed E-state index contributed by atoms with van der Waals surface area (Å²) in [4.78, 5) is 12.0. The second-order valence-electron chi connectivity index (χ2n) is 6.06. The van der Waals surface area contributed by atoms with E-state index in [0.717, 1.165) is 12.8 Å². The standard InChI is InChI=1S/C17H24F2N2O3/c1-11-9-14(10-12(2)23-11)21-17(22)20-8-7-13-5-3-4-6-15(13)24-16(18)19/h3-6,11-12,14,16H,7-10H2,1-2H3,(H2,20,21,22)/t11-,12-/m0/s1. The van der Waals surface area contributed by atoms with Gasteiger partial charge in [-0.2, -0.15) is 8.78 Å². The van der Waals surface area contributed by atoms with E-state index in [2.05, 4.69) is 15.4 Å². The van der Waals surface area contributed by atoms with Gasteiger partial charge in [-0.05, 0) is 44.7 Å². The maximum absolute atomic E-state index is 12.4. The lowest BCUT2D eigenvalue weighted by atomic mass is 10.0. The summed E-state index contributed by atoms with van der Waals surface area (Å²) in [7, 11) is 0. The van der Waals surface area contributed by atoms with Crippen LogP contribution in [0.15, 0.2) is 24.3 Å². The van der Waals surface area contributed by atoms with Gasteiger partial charge in [0.15, 0.2) is 0 Å². The van der Waals surface area contributed by atoms with Gasteiger partial charge in [-0.3, -0.25) is 0 Å². The lowest BCUT2D eigenvalue weighted by Crippen LogP contribution is -2.47. The van der Waals surface area contributed by atoms with Crippen molar-refractivity contribution in [3.8, 4) is 5.75 Å². The summed E-state index contributed by atoms with van der Waals surface area (Å²) >= 11 is 0. The van der Waals surface area contributed by atoms with Crippen LogP contribution in [0.4, 0.5) is 13.6 Å². The van der Waals surface area contributed by atoms with Crippen molar-refractivity contribution in [1.29, 1.82) is 0 Å². The molecule has 0 spiro atoms. The highest BCUT2D eigenvalue weighted by Crippen LogP contribution is 2.21. The zero-order chi connectivity index (χ0) is 17.5. The van der Waals surface area contributed by atoms with Crippen molar-refractivity contribution in [3.05, 3.63) is 29.8 Å². The number of rotatable bonds is 6. The summed E-state index contributed by atoms with van der Waals surface area (Å²) in [6, 6.07) is 6.41. The normalized spacial score (nSPS) is 23.8. The number of hydrogen-bond acceptors (Lipinski definition) is 3. The summed E-state index contributed by atoms with van der Waals surface area (Å²) < 4.78 is 34.8. The molecule has 1 fully saturated rings. The van der Waals surface area contributed by atoms with E-state index >= 15 is 0 Å². The number of urea groups is 1. The van der Waals surface area contributed by atoms with Crippen molar-refractivity contribution in [2.45, 2.75) is 58.0 Å². The summed E-state index contributed by atoms with van der Waals surface area (Å²) in [5.41, 5.74) is 0.631. The highest BCUT2D eigenvalue weighted by Gasteiger charge is 2.25. The van der Waals surface area contributed by atoms with Crippen molar-refractivity contribution >= 4 is 6.03 Å². The van der Waals surface area contributed by atoms with Crippen LogP contribution in [-0.2, 0) is 11.2 Å². The van der Waals surface area contributed by atoms with Crippen LogP contribution in [0.1, 0.15) is 32.3 Å². The van der Waals surface area contributed by atoms with Crippen LogP contribution >= 0.6 is 0 Å². The van der Waals surface area contributed by atoms with Crippen LogP contribution in [-0.4, -0.2) is 37.4 Å². The Morgan fingerprint density at radius 3 is 2.62 bits per heavy atom. The summed E-state index contributed by atoms with van der Waals surface area (Å²) in [6.07, 6.45) is 2.22. The first-order chi connectivity index (χ1) is 11.4. The van der Waals surface area contributed by atoms with Crippen LogP contribution in [0, 0.1) is 0 Å². The van der Waals surface area contributed by atoms with Crippen LogP contribution in [0.3, 0.4) is 0 Å². The molecule has 24 heavy (non-hydrogen) atoms. The third-order valence-corrected chi connectivity index (χ3v) is 3.90. The van der Waals surface area contributed by atoms with Gasteiger partial charge >= 0.3 is 12.6 Å². The van der Waals surface area contributed by atoms with E-state index in [-0.39, 0.29) is 30.0 Å². The minimum Gasteiger partial charge on any atom is -0.435 e. The smallest absolute Gasteiger partial charge is 0.387 e. The zero-order valence-corrected chi connectivity index (χ0v) is 13.9. The number of alkyl halides is 2. The summed E-state index contributed by atoms with van der Waals surface area (Å²) in [5.74, 6) is 0.141. The first kappa shape index (κ1) is 18.4. The SMILES string of the molecule is C[C@H]1CC(NC(=O)NCCc2ccccc2OC(F)F)C[C@H](C)O1.